The molecule has 1 amide bonds. The molecule has 3 rings (SSSR count). The van der Waals surface area contributed by atoms with Gasteiger partial charge in [0.1, 0.15) is 0 Å². The van der Waals surface area contributed by atoms with Crippen LogP contribution in [0.5, 0.6) is 0 Å². The van der Waals surface area contributed by atoms with Crippen molar-refractivity contribution in [1.82, 2.24) is 4.90 Å². The number of carbonyl (C=O) groups excluding carboxylic acids is 3. The number of hydrogen-bond donors (Lipinski definition) is 0. The number of nitrogens with zero attached hydrogens (tertiary/aromatic N) is 1. The molecule has 0 N–H and O–H groups in total. The smallest absolute Gasteiger partial charge is 0.324 e. The first kappa shape index (κ1) is 22.3. The lowest BCUT2D eigenvalue weighted by Gasteiger charge is -2.30. The average Bonchev–Trinajstić information content (AvgIpc) is 3.19. The van der Waals surface area contributed by atoms with Crippen molar-refractivity contribution < 1.29 is 23.9 Å². The van der Waals surface area contributed by atoms with E-state index in [9.17, 15) is 14.4 Å². The maximum absolute atomic E-state index is 13.3. The molecule has 1 heterocycles. The molecule has 1 aliphatic carbocycles. The van der Waals surface area contributed by atoms with Crippen LogP contribution in [-0.4, -0.2) is 49.0 Å². The topological polar surface area (TPSA) is 72.9 Å². The third-order valence-corrected chi connectivity index (χ3v) is 6.46. The summed E-state index contributed by atoms with van der Waals surface area (Å²) in [7, 11) is 0. The van der Waals surface area contributed by atoms with E-state index in [1.165, 1.54) is 12.8 Å². The summed E-state index contributed by atoms with van der Waals surface area (Å²) in [6, 6.07) is 9.27. The minimum absolute atomic E-state index is 0.0813. The van der Waals surface area contributed by atoms with Gasteiger partial charge >= 0.3 is 11.9 Å². The van der Waals surface area contributed by atoms with Crippen LogP contribution >= 0.6 is 0 Å². The van der Waals surface area contributed by atoms with Crippen molar-refractivity contribution in [2.75, 3.05) is 26.3 Å². The van der Waals surface area contributed by atoms with Gasteiger partial charge in [-0.15, -0.1) is 0 Å². The van der Waals surface area contributed by atoms with Gasteiger partial charge in [0.25, 0.3) is 0 Å². The molecule has 1 aromatic carbocycles. The Labute approximate surface area is 178 Å². The van der Waals surface area contributed by atoms with E-state index >= 15 is 0 Å². The first-order valence-corrected chi connectivity index (χ1v) is 11.2. The van der Waals surface area contributed by atoms with Crippen LogP contribution < -0.4 is 0 Å². The van der Waals surface area contributed by atoms with Crippen LogP contribution in [0, 0.1) is 17.3 Å². The van der Waals surface area contributed by atoms with E-state index in [0.717, 1.165) is 31.5 Å². The van der Waals surface area contributed by atoms with Gasteiger partial charge in [-0.3, -0.25) is 14.4 Å². The molecule has 6 heteroatoms. The normalized spacial score (nSPS) is 21.1. The van der Waals surface area contributed by atoms with E-state index in [4.69, 9.17) is 9.47 Å². The lowest BCUT2D eigenvalue weighted by Crippen LogP contribution is -2.48. The molecule has 2 aliphatic rings. The van der Waals surface area contributed by atoms with Crippen LogP contribution in [0.25, 0.3) is 0 Å². The quantitative estimate of drug-likeness (QED) is 0.481. The molecule has 164 valence electrons. The van der Waals surface area contributed by atoms with Gasteiger partial charge in [0.2, 0.25) is 5.91 Å². The van der Waals surface area contributed by atoms with Crippen LogP contribution in [0.4, 0.5) is 0 Å². The summed E-state index contributed by atoms with van der Waals surface area (Å²) in [6.07, 6.45) is 4.59. The zero-order valence-corrected chi connectivity index (χ0v) is 18.1. The largest absolute Gasteiger partial charge is 0.465 e. The summed E-state index contributed by atoms with van der Waals surface area (Å²) in [4.78, 5) is 41.4. The third kappa shape index (κ3) is 4.85. The molecule has 1 aliphatic heterocycles. The second kappa shape index (κ2) is 10.1. The third-order valence-electron chi connectivity index (χ3n) is 6.46. The molecule has 30 heavy (non-hydrogen) atoms. The molecule has 0 spiro atoms. The Morgan fingerprint density at radius 1 is 0.933 bits per heavy atom. The van der Waals surface area contributed by atoms with Gasteiger partial charge in [0, 0.05) is 13.1 Å². The van der Waals surface area contributed by atoms with Crippen molar-refractivity contribution >= 4 is 17.8 Å². The molecular weight excluding hydrogens is 382 g/mol. The number of carbonyl (C=O) groups is 3. The van der Waals surface area contributed by atoms with Crippen LogP contribution in [0.1, 0.15) is 51.5 Å². The number of hydrogen-bond acceptors (Lipinski definition) is 5. The van der Waals surface area contributed by atoms with Crippen LogP contribution in [-0.2, 0) is 30.3 Å². The van der Waals surface area contributed by atoms with Gasteiger partial charge in [-0.2, -0.15) is 0 Å². The zero-order chi connectivity index (χ0) is 21.6. The summed E-state index contributed by atoms with van der Waals surface area (Å²) >= 11 is 0. The van der Waals surface area contributed by atoms with Gasteiger partial charge in [-0.05, 0) is 50.5 Å². The molecule has 2 fully saturated rings. The molecule has 0 aromatic heterocycles. The summed E-state index contributed by atoms with van der Waals surface area (Å²) < 4.78 is 10.6. The summed E-state index contributed by atoms with van der Waals surface area (Å²) in [6.45, 7) is 5.10. The van der Waals surface area contributed by atoms with E-state index in [2.05, 4.69) is 0 Å². The highest BCUT2D eigenvalue weighted by molar-refractivity contribution is 6.04. The maximum atomic E-state index is 13.3. The molecule has 0 bridgehead atoms. The second-order valence-electron chi connectivity index (χ2n) is 8.47. The Balaban J connectivity index is 1.87. The van der Waals surface area contributed by atoms with Gasteiger partial charge in [-0.1, -0.05) is 43.2 Å². The first-order valence-electron chi connectivity index (χ1n) is 11.2. The molecule has 6 nitrogen and oxygen atoms in total. The average molecular weight is 416 g/mol. The summed E-state index contributed by atoms with van der Waals surface area (Å²) in [5.41, 5.74) is -0.875. The van der Waals surface area contributed by atoms with Crippen LogP contribution in [0.15, 0.2) is 30.3 Å². The second-order valence-corrected chi connectivity index (χ2v) is 8.47. The van der Waals surface area contributed by atoms with Gasteiger partial charge < -0.3 is 14.4 Å². The monoisotopic (exact) mass is 415 g/mol. The van der Waals surface area contributed by atoms with Crippen molar-refractivity contribution in [2.24, 2.45) is 17.3 Å². The van der Waals surface area contributed by atoms with Crippen molar-refractivity contribution in [3.63, 3.8) is 0 Å². The number of benzene rings is 1. The number of esters is 2. The Kier molecular flexibility index (Phi) is 7.51. The minimum Gasteiger partial charge on any atom is -0.465 e. The van der Waals surface area contributed by atoms with Crippen molar-refractivity contribution in [2.45, 2.75) is 52.4 Å². The lowest BCUT2D eigenvalue weighted by atomic mass is 9.78. The molecule has 0 unspecified atom stereocenters. The molecule has 2 atom stereocenters. The Hall–Kier alpha value is -2.37. The first-order chi connectivity index (χ1) is 14.5. The molecule has 0 radical (unpaired) electrons. The minimum atomic E-state index is -1.67. The summed E-state index contributed by atoms with van der Waals surface area (Å²) in [5.74, 6) is -0.455. The highest BCUT2D eigenvalue weighted by atomic mass is 16.6. The van der Waals surface area contributed by atoms with E-state index in [1.807, 2.05) is 35.2 Å². The van der Waals surface area contributed by atoms with E-state index < -0.39 is 17.4 Å². The van der Waals surface area contributed by atoms with Crippen molar-refractivity contribution in [3.8, 4) is 0 Å². The summed E-state index contributed by atoms with van der Waals surface area (Å²) in [5, 5.41) is 0. The fourth-order valence-electron chi connectivity index (χ4n) is 4.90. The predicted molar refractivity (Wildman–Crippen MR) is 112 cm³/mol. The molecular formula is C24H33NO5. The van der Waals surface area contributed by atoms with Crippen molar-refractivity contribution in [3.05, 3.63) is 35.9 Å². The number of amides is 1. The van der Waals surface area contributed by atoms with Gasteiger partial charge in [0.15, 0.2) is 5.41 Å². The number of likely N-dealkylation sites (tertiary alicyclic amines) is 1. The molecule has 1 saturated carbocycles. The standard InChI is InChI=1S/C24H33NO5/c1-3-29-22(27)24(23(28)30-4-2,14-18-10-6-5-7-11-18)15-21(26)25-16-19-12-8-9-13-20(19)17-25/h5-7,10-11,19-20H,3-4,8-9,12-17H2,1-2H3/t19-,20+. The fraction of sp³-hybridized carbons (Fsp3) is 0.625. The Morgan fingerprint density at radius 3 is 1.97 bits per heavy atom. The zero-order valence-electron chi connectivity index (χ0n) is 18.1. The van der Waals surface area contributed by atoms with Crippen LogP contribution in [0.2, 0.25) is 0 Å². The van der Waals surface area contributed by atoms with Crippen LogP contribution in [0.3, 0.4) is 0 Å². The van der Waals surface area contributed by atoms with E-state index in [0.29, 0.717) is 11.8 Å². The predicted octanol–water partition coefficient (Wildman–Crippen LogP) is 3.38. The number of rotatable bonds is 8. The highest BCUT2D eigenvalue weighted by Gasteiger charge is 2.52. The maximum Gasteiger partial charge on any atom is 0.324 e. The lowest BCUT2D eigenvalue weighted by molar-refractivity contribution is -0.175. The highest BCUT2D eigenvalue weighted by Crippen LogP contribution is 2.38. The molecule has 1 aromatic rings. The van der Waals surface area contributed by atoms with Gasteiger partial charge in [0.05, 0.1) is 19.6 Å². The SMILES string of the molecule is CCOC(=O)C(CC(=O)N1C[C@H]2CCCC[C@H]2C1)(Cc1ccccc1)C(=O)OCC. The fourth-order valence-corrected chi connectivity index (χ4v) is 4.90. The molecule has 1 saturated heterocycles. The van der Waals surface area contributed by atoms with E-state index in [1.54, 1.807) is 13.8 Å². The van der Waals surface area contributed by atoms with Gasteiger partial charge in [-0.25, -0.2) is 0 Å². The Bertz CT molecular complexity index is 715. The van der Waals surface area contributed by atoms with Crippen molar-refractivity contribution in [1.29, 1.82) is 0 Å². The number of fused-ring (bicyclic) bond motifs is 1. The Morgan fingerprint density at radius 2 is 1.47 bits per heavy atom. The van der Waals surface area contributed by atoms with E-state index in [-0.39, 0.29) is 32.0 Å². The number of ether oxygens (including phenoxy) is 2.